The predicted octanol–water partition coefficient (Wildman–Crippen LogP) is 2.56. The van der Waals surface area contributed by atoms with E-state index in [1.807, 2.05) is 0 Å². The molecule has 15 heavy (non-hydrogen) atoms. The number of unbranched alkanes of at least 4 members (excludes halogenated alkanes) is 1. The second kappa shape index (κ2) is 5.90. The summed E-state index contributed by atoms with van der Waals surface area (Å²) >= 11 is 0. The first kappa shape index (κ1) is 11.4. The Kier molecular flexibility index (Phi) is 4.46. The Morgan fingerprint density at radius 2 is 2.40 bits per heavy atom. The predicted molar refractivity (Wildman–Crippen MR) is 49.3 cm³/mol. The largest absolute Gasteiger partial charge is 0.432 e. The Morgan fingerprint density at radius 3 is 3.00 bits per heavy atom. The van der Waals surface area contributed by atoms with E-state index in [0.29, 0.717) is 6.42 Å². The molecule has 6 heteroatoms. The van der Waals surface area contributed by atoms with E-state index in [-0.39, 0.29) is 24.8 Å². The van der Waals surface area contributed by atoms with Crippen LogP contribution in [0.2, 0.25) is 0 Å². The number of carbonyl (C=O) groups is 1. The number of hydrogen-bond donors (Lipinski definition) is 1. The summed E-state index contributed by atoms with van der Waals surface area (Å²) in [6.07, 6.45) is 2.51. The van der Waals surface area contributed by atoms with Gasteiger partial charge in [0.2, 0.25) is 5.91 Å². The van der Waals surface area contributed by atoms with E-state index in [1.165, 1.54) is 12.5 Å². The lowest BCUT2D eigenvalue weighted by atomic mass is 10.2. The fraction of sp³-hybridized carbons (Fsp3) is 0.333. The van der Waals surface area contributed by atoms with Crippen molar-refractivity contribution in [1.29, 1.82) is 0 Å². The zero-order chi connectivity index (χ0) is 11.1. The van der Waals surface area contributed by atoms with Crippen LogP contribution in [0, 0.1) is 0 Å². The van der Waals surface area contributed by atoms with Crippen LogP contribution < -0.4 is 5.32 Å². The Morgan fingerprint density at radius 1 is 1.60 bits per heavy atom. The monoisotopic (exact) mass is 216 g/mol. The van der Waals surface area contributed by atoms with Gasteiger partial charge >= 0.3 is 6.01 Å². The molecule has 0 unspecified atom stereocenters. The average Bonchev–Trinajstić information content (AvgIpc) is 2.64. The van der Waals surface area contributed by atoms with Gasteiger partial charge < -0.3 is 4.42 Å². The molecule has 4 nitrogen and oxygen atoms in total. The van der Waals surface area contributed by atoms with Crippen LogP contribution in [0.1, 0.15) is 19.3 Å². The lowest BCUT2D eigenvalue weighted by Gasteiger charge is -1.98. The minimum Gasteiger partial charge on any atom is -0.432 e. The lowest BCUT2D eigenvalue weighted by Crippen LogP contribution is -2.10. The van der Waals surface area contributed by atoms with Gasteiger partial charge in [-0.2, -0.15) is 8.78 Å². The molecule has 1 amide bonds. The van der Waals surface area contributed by atoms with E-state index in [0.717, 1.165) is 6.08 Å². The molecular weight excluding hydrogens is 206 g/mol. The summed E-state index contributed by atoms with van der Waals surface area (Å²) < 4.78 is 28.0. The molecule has 0 saturated carbocycles. The summed E-state index contributed by atoms with van der Waals surface area (Å²) in [7, 11) is 0. The van der Waals surface area contributed by atoms with Crippen LogP contribution in [-0.2, 0) is 4.79 Å². The van der Waals surface area contributed by atoms with Gasteiger partial charge in [0, 0.05) is 6.42 Å². The Labute approximate surface area is 85.0 Å². The van der Waals surface area contributed by atoms with Crippen LogP contribution in [-0.4, -0.2) is 10.9 Å². The number of allylic oxidation sites excluding steroid dienone is 1. The maximum Gasteiger partial charge on any atom is 0.301 e. The zero-order valence-corrected chi connectivity index (χ0v) is 7.87. The van der Waals surface area contributed by atoms with Crippen molar-refractivity contribution in [3.8, 4) is 0 Å². The van der Waals surface area contributed by atoms with Gasteiger partial charge in [-0.15, -0.1) is 0 Å². The summed E-state index contributed by atoms with van der Waals surface area (Å²) in [5.41, 5.74) is 0. The van der Waals surface area contributed by atoms with Crippen LogP contribution in [0.25, 0.3) is 0 Å². The number of halogens is 2. The number of aromatic nitrogens is 1. The zero-order valence-electron chi connectivity index (χ0n) is 7.87. The molecule has 1 aromatic heterocycles. The van der Waals surface area contributed by atoms with Crippen molar-refractivity contribution in [1.82, 2.24) is 4.98 Å². The fourth-order valence-corrected chi connectivity index (χ4v) is 0.941. The number of carbonyl (C=O) groups excluding carboxylic acids is 1. The maximum absolute atomic E-state index is 11.6. The van der Waals surface area contributed by atoms with Gasteiger partial charge in [-0.05, 0) is 18.9 Å². The molecule has 0 fully saturated rings. The molecule has 0 bridgehead atoms. The van der Waals surface area contributed by atoms with Crippen LogP contribution in [0.3, 0.4) is 0 Å². The van der Waals surface area contributed by atoms with Crippen LogP contribution in [0.5, 0.6) is 0 Å². The van der Waals surface area contributed by atoms with Gasteiger partial charge in [-0.3, -0.25) is 10.1 Å². The third kappa shape index (κ3) is 4.90. The second-order valence-corrected chi connectivity index (χ2v) is 2.77. The van der Waals surface area contributed by atoms with Gasteiger partial charge in [0.05, 0.1) is 6.20 Å². The number of nitrogens with zero attached hydrogens (tertiary/aromatic N) is 1. The molecule has 0 saturated heterocycles. The van der Waals surface area contributed by atoms with E-state index >= 15 is 0 Å². The molecule has 82 valence electrons. The molecule has 1 aromatic rings. The molecule has 0 aromatic carbocycles. The lowest BCUT2D eigenvalue weighted by molar-refractivity contribution is -0.116. The Bertz CT molecular complexity index is 332. The molecule has 0 atom stereocenters. The first-order valence-electron chi connectivity index (χ1n) is 4.39. The van der Waals surface area contributed by atoms with Crippen LogP contribution >= 0.6 is 0 Å². The molecule has 1 N–H and O–H groups in total. The molecule has 0 aliphatic carbocycles. The first-order chi connectivity index (χ1) is 7.18. The highest BCUT2D eigenvalue weighted by molar-refractivity contribution is 5.88. The normalized spacial score (nSPS) is 9.73. The number of amides is 1. The van der Waals surface area contributed by atoms with Gasteiger partial charge in [0.1, 0.15) is 6.26 Å². The van der Waals surface area contributed by atoms with E-state index < -0.39 is 6.08 Å². The smallest absolute Gasteiger partial charge is 0.301 e. The third-order valence-electron chi connectivity index (χ3n) is 1.59. The fourth-order valence-electron chi connectivity index (χ4n) is 0.941. The Hall–Kier alpha value is -1.72. The van der Waals surface area contributed by atoms with Crippen molar-refractivity contribution < 1.29 is 18.0 Å². The van der Waals surface area contributed by atoms with Crippen LogP contribution in [0.15, 0.2) is 29.0 Å². The van der Waals surface area contributed by atoms with E-state index in [4.69, 9.17) is 4.42 Å². The highest BCUT2D eigenvalue weighted by atomic mass is 19.3. The highest BCUT2D eigenvalue weighted by Gasteiger charge is 2.04. The average molecular weight is 216 g/mol. The number of nitrogens with one attached hydrogen (secondary N) is 1. The van der Waals surface area contributed by atoms with Gasteiger partial charge in [-0.1, -0.05) is 0 Å². The third-order valence-corrected chi connectivity index (χ3v) is 1.59. The van der Waals surface area contributed by atoms with Gasteiger partial charge in [0.15, 0.2) is 0 Å². The molecule has 1 rings (SSSR count). The minimum absolute atomic E-state index is 0.118. The number of hydrogen-bond acceptors (Lipinski definition) is 3. The van der Waals surface area contributed by atoms with E-state index in [1.54, 1.807) is 0 Å². The molecule has 0 aliphatic heterocycles. The van der Waals surface area contributed by atoms with Crippen molar-refractivity contribution in [2.75, 3.05) is 5.32 Å². The topological polar surface area (TPSA) is 55.1 Å². The minimum atomic E-state index is -1.72. The van der Waals surface area contributed by atoms with Crippen molar-refractivity contribution in [2.24, 2.45) is 0 Å². The van der Waals surface area contributed by atoms with Crippen LogP contribution in [0.4, 0.5) is 14.8 Å². The molecular formula is C9H10F2N2O2. The summed E-state index contributed by atoms with van der Waals surface area (Å²) in [4.78, 5) is 14.8. The van der Waals surface area contributed by atoms with E-state index in [2.05, 4.69) is 10.3 Å². The van der Waals surface area contributed by atoms with Crippen molar-refractivity contribution in [2.45, 2.75) is 19.3 Å². The molecule has 0 radical (unpaired) electrons. The maximum atomic E-state index is 11.6. The molecule has 1 heterocycles. The number of anilines is 1. The molecule has 0 spiro atoms. The number of rotatable bonds is 5. The standard InChI is InChI=1S/C9H10F2N2O2/c10-7(11)3-1-2-4-8(14)13-9-12-5-6-15-9/h3,5-6H,1-2,4H2,(H,12,13,14). The summed E-state index contributed by atoms with van der Waals surface area (Å²) in [5, 5.41) is 2.39. The summed E-state index contributed by atoms with van der Waals surface area (Å²) in [5.74, 6) is -0.301. The molecule has 0 aliphatic rings. The van der Waals surface area contributed by atoms with Gasteiger partial charge in [-0.25, -0.2) is 4.98 Å². The summed E-state index contributed by atoms with van der Waals surface area (Å²) in [6.45, 7) is 0. The van der Waals surface area contributed by atoms with Gasteiger partial charge in [0.25, 0.3) is 6.08 Å². The number of oxazole rings is 1. The Balaban J connectivity index is 2.17. The first-order valence-corrected chi connectivity index (χ1v) is 4.39. The second-order valence-electron chi connectivity index (χ2n) is 2.77. The van der Waals surface area contributed by atoms with Crippen molar-refractivity contribution >= 4 is 11.9 Å². The summed E-state index contributed by atoms with van der Waals surface area (Å²) in [6, 6.07) is 0.118. The van der Waals surface area contributed by atoms with Crippen molar-refractivity contribution in [3.63, 3.8) is 0 Å². The van der Waals surface area contributed by atoms with Crippen molar-refractivity contribution in [3.05, 3.63) is 24.6 Å². The van der Waals surface area contributed by atoms with E-state index in [9.17, 15) is 13.6 Å². The highest BCUT2D eigenvalue weighted by Crippen LogP contribution is 2.06. The quantitative estimate of drug-likeness (QED) is 0.769. The SMILES string of the molecule is O=C(CCCC=C(F)F)Nc1ncco1.